The number of rotatable bonds is 5. The number of nitrogens with one attached hydrogen (secondary N) is 1. The van der Waals surface area contributed by atoms with Crippen molar-refractivity contribution in [2.45, 2.75) is 31.9 Å². The third kappa shape index (κ3) is 3.51. The van der Waals surface area contributed by atoms with Gasteiger partial charge in [0.25, 0.3) is 5.69 Å². The summed E-state index contributed by atoms with van der Waals surface area (Å²) < 4.78 is 5.79. The van der Waals surface area contributed by atoms with Gasteiger partial charge in [0.05, 0.1) is 17.6 Å². The van der Waals surface area contributed by atoms with Crippen molar-refractivity contribution in [1.29, 1.82) is 0 Å². The molecule has 1 saturated carbocycles. The lowest BCUT2D eigenvalue weighted by Crippen LogP contribution is -2.46. The Morgan fingerprint density at radius 1 is 1.48 bits per heavy atom. The van der Waals surface area contributed by atoms with Gasteiger partial charge in [0, 0.05) is 43.0 Å². The Kier molecular flexibility index (Phi) is 4.07. The maximum absolute atomic E-state index is 10.8. The number of nitro groups is 1. The zero-order valence-electron chi connectivity index (χ0n) is 12.2. The van der Waals surface area contributed by atoms with E-state index in [1.807, 2.05) is 6.07 Å². The molecule has 0 amide bonds. The predicted octanol–water partition coefficient (Wildman–Crippen LogP) is 2.18. The Morgan fingerprint density at radius 2 is 2.29 bits per heavy atom. The molecule has 0 aromatic heterocycles. The van der Waals surface area contributed by atoms with E-state index in [9.17, 15) is 10.1 Å². The maximum atomic E-state index is 10.8. The molecule has 21 heavy (non-hydrogen) atoms. The molecule has 1 aromatic carbocycles. The summed E-state index contributed by atoms with van der Waals surface area (Å²) in [6.07, 6.45) is 2.83. The Labute approximate surface area is 124 Å². The average molecular weight is 291 g/mol. The third-order valence-electron chi connectivity index (χ3n) is 4.16. The molecule has 2 fully saturated rings. The molecule has 1 aromatic rings. The van der Waals surface area contributed by atoms with E-state index in [2.05, 4.69) is 10.2 Å². The minimum atomic E-state index is -0.350. The first kappa shape index (κ1) is 14.3. The van der Waals surface area contributed by atoms with Gasteiger partial charge in [-0.3, -0.25) is 15.0 Å². The van der Waals surface area contributed by atoms with Gasteiger partial charge < -0.3 is 10.1 Å². The third-order valence-corrected chi connectivity index (χ3v) is 4.16. The van der Waals surface area contributed by atoms with Crippen molar-refractivity contribution in [1.82, 2.24) is 4.90 Å². The SMILES string of the molecule is Cc1cc(NCC2CN(C3CC3)CCO2)ccc1[N+](=O)[O-]. The molecule has 1 N–H and O–H groups in total. The number of hydrogen-bond acceptors (Lipinski definition) is 5. The normalized spacial score (nSPS) is 23.0. The van der Waals surface area contributed by atoms with Gasteiger partial charge in [-0.25, -0.2) is 0 Å². The summed E-state index contributed by atoms with van der Waals surface area (Å²) in [6, 6.07) is 5.90. The van der Waals surface area contributed by atoms with Crippen molar-refractivity contribution in [3.05, 3.63) is 33.9 Å². The van der Waals surface area contributed by atoms with E-state index in [-0.39, 0.29) is 16.7 Å². The van der Waals surface area contributed by atoms with Gasteiger partial charge in [0.15, 0.2) is 0 Å². The van der Waals surface area contributed by atoms with E-state index < -0.39 is 0 Å². The van der Waals surface area contributed by atoms with Crippen LogP contribution < -0.4 is 5.32 Å². The summed E-state index contributed by atoms with van der Waals surface area (Å²) in [6.45, 7) is 5.30. The Balaban J connectivity index is 1.54. The van der Waals surface area contributed by atoms with Crippen molar-refractivity contribution < 1.29 is 9.66 Å². The molecule has 1 aliphatic heterocycles. The quantitative estimate of drug-likeness (QED) is 0.665. The van der Waals surface area contributed by atoms with Crippen LogP contribution in [-0.4, -0.2) is 48.2 Å². The maximum Gasteiger partial charge on any atom is 0.272 e. The number of anilines is 1. The smallest absolute Gasteiger partial charge is 0.272 e. The van der Waals surface area contributed by atoms with Gasteiger partial charge in [-0.2, -0.15) is 0 Å². The summed E-state index contributed by atoms with van der Waals surface area (Å²) in [5.74, 6) is 0. The predicted molar refractivity (Wildman–Crippen MR) is 80.7 cm³/mol. The first-order valence-electron chi connectivity index (χ1n) is 7.48. The van der Waals surface area contributed by atoms with E-state index in [4.69, 9.17) is 4.74 Å². The number of benzene rings is 1. The van der Waals surface area contributed by atoms with Crippen molar-refractivity contribution in [2.75, 3.05) is 31.6 Å². The number of nitro benzene ring substituents is 1. The lowest BCUT2D eigenvalue weighted by Gasteiger charge is -2.33. The summed E-state index contributed by atoms with van der Waals surface area (Å²) in [5, 5.41) is 14.1. The first-order chi connectivity index (χ1) is 10.1. The topological polar surface area (TPSA) is 67.6 Å². The number of aryl methyl sites for hydroxylation is 1. The highest BCUT2D eigenvalue weighted by Crippen LogP contribution is 2.28. The average Bonchev–Trinajstić information content (AvgIpc) is 3.30. The molecule has 0 bridgehead atoms. The van der Waals surface area contributed by atoms with Gasteiger partial charge in [-0.15, -0.1) is 0 Å². The second kappa shape index (κ2) is 5.99. The number of nitrogens with zero attached hydrogens (tertiary/aromatic N) is 2. The second-order valence-electron chi connectivity index (χ2n) is 5.86. The van der Waals surface area contributed by atoms with Crippen molar-refractivity contribution >= 4 is 11.4 Å². The molecule has 114 valence electrons. The van der Waals surface area contributed by atoms with Crippen LogP contribution in [0, 0.1) is 17.0 Å². The van der Waals surface area contributed by atoms with Crippen LogP contribution in [0.3, 0.4) is 0 Å². The molecule has 6 nitrogen and oxygen atoms in total. The highest BCUT2D eigenvalue weighted by Gasteiger charge is 2.32. The molecule has 1 aliphatic carbocycles. The standard InChI is InChI=1S/C15H21N3O3/c1-11-8-12(2-5-15(11)18(19)20)16-9-14-10-17(6-7-21-14)13-3-4-13/h2,5,8,13-14,16H,3-4,6-7,9-10H2,1H3. The number of hydrogen-bond donors (Lipinski definition) is 1. The fourth-order valence-electron chi connectivity index (χ4n) is 2.84. The summed E-state index contributed by atoms with van der Waals surface area (Å²) >= 11 is 0. The van der Waals surface area contributed by atoms with Gasteiger partial charge in [0.2, 0.25) is 0 Å². The zero-order valence-corrected chi connectivity index (χ0v) is 12.2. The van der Waals surface area contributed by atoms with Gasteiger partial charge >= 0.3 is 0 Å². The molecule has 6 heteroatoms. The molecule has 1 unspecified atom stereocenters. The number of morpholine rings is 1. The van der Waals surface area contributed by atoms with Crippen molar-refractivity contribution in [3.8, 4) is 0 Å². The van der Waals surface area contributed by atoms with Crippen LogP contribution in [-0.2, 0) is 4.74 Å². The van der Waals surface area contributed by atoms with Crippen LogP contribution in [0.25, 0.3) is 0 Å². The number of ether oxygens (including phenoxy) is 1. The monoisotopic (exact) mass is 291 g/mol. The van der Waals surface area contributed by atoms with Crippen LogP contribution in [0.5, 0.6) is 0 Å². The molecule has 1 heterocycles. The van der Waals surface area contributed by atoms with Gasteiger partial charge in [-0.1, -0.05) is 0 Å². The van der Waals surface area contributed by atoms with E-state index in [0.29, 0.717) is 5.56 Å². The summed E-state index contributed by atoms with van der Waals surface area (Å²) in [5.41, 5.74) is 1.74. The molecule has 0 spiro atoms. The van der Waals surface area contributed by atoms with Gasteiger partial charge in [-0.05, 0) is 31.9 Å². The first-order valence-corrected chi connectivity index (χ1v) is 7.48. The van der Waals surface area contributed by atoms with Crippen molar-refractivity contribution in [3.63, 3.8) is 0 Å². The lowest BCUT2D eigenvalue weighted by atomic mass is 10.1. The van der Waals surface area contributed by atoms with E-state index >= 15 is 0 Å². The molecule has 1 atom stereocenters. The molecular weight excluding hydrogens is 270 g/mol. The molecular formula is C15H21N3O3. The largest absolute Gasteiger partial charge is 0.382 e. The fraction of sp³-hybridized carbons (Fsp3) is 0.600. The molecule has 0 radical (unpaired) electrons. The molecule has 3 rings (SSSR count). The van der Waals surface area contributed by atoms with E-state index in [1.165, 1.54) is 12.8 Å². The van der Waals surface area contributed by atoms with Crippen molar-refractivity contribution in [2.24, 2.45) is 0 Å². The van der Waals surface area contributed by atoms with Gasteiger partial charge in [0.1, 0.15) is 0 Å². The lowest BCUT2D eigenvalue weighted by molar-refractivity contribution is -0.385. The summed E-state index contributed by atoms with van der Waals surface area (Å²) in [7, 11) is 0. The second-order valence-corrected chi connectivity index (χ2v) is 5.86. The van der Waals surface area contributed by atoms with Crippen LogP contribution in [0.2, 0.25) is 0 Å². The van der Waals surface area contributed by atoms with Crippen LogP contribution in [0.15, 0.2) is 18.2 Å². The van der Waals surface area contributed by atoms with Crippen LogP contribution in [0.4, 0.5) is 11.4 Å². The highest BCUT2D eigenvalue weighted by atomic mass is 16.6. The highest BCUT2D eigenvalue weighted by molar-refractivity contribution is 5.53. The zero-order chi connectivity index (χ0) is 14.8. The minimum absolute atomic E-state index is 0.161. The minimum Gasteiger partial charge on any atom is -0.382 e. The molecule has 2 aliphatic rings. The fourth-order valence-corrected chi connectivity index (χ4v) is 2.84. The Hall–Kier alpha value is -1.66. The van der Waals surface area contributed by atoms with Crippen LogP contribution >= 0.6 is 0 Å². The van der Waals surface area contributed by atoms with E-state index in [0.717, 1.165) is 38.0 Å². The Morgan fingerprint density at radius 3 is 2.95 bits per heavy atom. The Bertz CT molecular complexity index is 531. The van der Waals surface area contributed by atoms with Crippen LogP contribution in [0.1, 0.15) is 18.4 Å². The molecule has 1 saturated heterocycles. The van der Waals surface area contributed by atoms with E-state index in [1.54, 1.807) is 19.1 Å². The summed E-state index contributed by atoms with van der Waals surface area (Å²) in [4.78, 5) is 13.0.